The van der Waals surface area contributed by atoms with E-state index in [1.54, 1.807) is 0 Å². The molecular formula is C15H21N5O5. The van der Waals surface area contributed by atoms with E-state index in [9.17, 15) is 15.3 Å². The summed E-state index contributed by atoms with van der Waals surface area (Å²) in [6.45, 7) is 1.85. The molecule has 10 heteroatoms. The average molecular weight is 351 g/mol. The molecule has 1 saturated heterocycles. The highest BCUT2D eigenvalue weighted by atomic mass is 16.6. The Bertz CT molecular complexity index is 764. The van der Waals surface area contributed by atoms with Gasteiger partial charge in [-0.1, -0.05) is 11.6 Å². The molecule has 136 valence electrons. The van der Waals surface area contributed by atoms with Gasteiger partial charge in [-0.05, 0) is 6.92 Å². The highest BCUT2D eigenvalue weighted by molar-refractivity contribution is 5.82. The number of aliphatic hydroxyl groups excluding tert-OH is 4. The second-order valence-corrected chi connectivity index (χ2v) is 5.86. The first-order valence-corrected chi connectivity index (χ1v) is 7.87. The second kappa shape index (κ2) is 7.42. The lowest BCUT2D eigenvalue weighted by Gasteiger charge is -2.16. The molecule has 1 unspecified atom stereocenters. The largest absolute Gasteiger partial charge is 0.394 e. The van der Waals surface area contributed by atoms with E-state index < -0.39 is 31.1 Å². The number of aliphatic hydroxyl groups is 4. The van der Waals surface area contributed by atoms with Crippen LogP contribution in [0.3, 0.4) is 0 Å². The van der Waals surface area contributed by atoms with Crippen molar-refractivity contribution in [3.05, 3.63) is 24.3 Å². The molecule has 0 spiro atoms. The van der Waals surface area contributed by atoms with E-state index in [1.165, 1.54) is 17.2 Å². The maximum absolute atomic E-state index is 10.2. The van der Waals surface area contributed by atoms with Crippen LogP contribution in [0.2, 0.25) is 0 Å². The molecule has 0 radical (unpaired) electrons. The summed E-state index contributed by atoms with van der Waals surface area (Å²) in [5, 5.41) is 41.4. The Labute approximate surface area is 143 Å². The van der Waals surface area contributed by atoms with Crippen molar-refractivity contribution < 1.29 is 25.2 Å². The van der Waals surface area contributed by atoms with Crippen LogP contribution < -0.4 is 5.32 Å². The Kier molecular flexibility index (Phi) is 5.25. The maximum atomic E-state index is 10.2. The number of ether oxygens (including phenoxy) is 1. The van der Waals surface area contributed by atoms with Crippen LogP contribution in [0.15, 0.2) is 24.3 Å². The summed E-state index contributed by atoms with van der Waals surface area (Å²) >= 11 is 0. The summed E-state index contributed by atoms with van der Waals surface area (Å²) in [6.07, 6.45) is 0.443. The first-order valence-electron chi connectivity index (χ1n) is 7.87. The fraction of sp³-hybridized carbons (Fsp3) is 0.533. The summed E-state index contributed by atoms with van der Waals surface area (Å²) in [5.41, 5.74) is 1.74. The van der Waals surface area contributed by atoms with E-state index in [4.69, 9.17) is 9.84 Å². The van der Waals surface area contributed by atoms with Crippen LogP contribution in [-0.2, 0) is 4.74 Å². The Hall–Kier alpha value is -2.11. The second-order valence-electron chi connectivity index (χ2n) is 5.86. The third-order valence-electron chi connectivity index (χ3n) is 4.12. The fourth-order valence-corrected chi connectivity index (χ4v) is 2.66. The van der Waals surface area contributed by atoms with Gasteiger partial charge in [-0.2, -0.15) is 0 Å². The number of fused-ring (bicyclic) bond motifs is 1. The molecule has 10 nitrogen and oxygen atoms in total. The van der Waals surface area contributed by atoms with Gasteiger partial charge >= 0.3 is 0 Å². The van der Waals surface area contributed by atoms with Crippen LogP contribution in [-0.4, -0.2) is 78.0 Å². The number of anilines is 1. The summed E-state index contributed by atoms with van der Waals surface area (Å²) in [5.74, 6) is 0.498. The maximum Gasteiger partial charge on any atom is 0.167 e. The lowest BCUT2D eigenvalue weighted by Crippen LogP contribution is -2.33. The van der Waals surface area contributed by atoms with Gasteiger partial charge in [0.1, 0.15) is 24.6 Å². The van der Waals surface area contributed by atoms with Gasteiger partial charge in [-0.25, -0.2) is 15.0 Å². The molecule has 3 heterocycles. The van der Waals surface area contributed by atoms with Crippen molar-refractivity contribution >= 4 is 17.0 Å². The van der Waals surface area contributed by atoms with Crippen LogP contribution in [0.1, 0.15) is 13.2 Å². The fourth-order valence-electron chi connectivity index (χ4n) is 2.66. The quantitative estimate of drug-likeness (QED) is 0.404. The topological polar surface area (TPSA) is 146 Å². The van der Waals surface area contributed by atoms with E-state index in [1.807, 2.05) is 13.0 Å². The van der Waals surface area contributed by atoms with Crippen LogP contribution in [0.4, 0.5) is 5.82 Å². The standard InChI is InChI=1S/C15H21N5O5/c1-8(4-21)2-3-16-13-10-14(18-6-17-13)20(7-19-10)15-12(24)11(23)9(5-22)25-15/h2,6-7,9,11-12,15,21-24H,3-5H2,1H3,(H,16,17,18)/b8-2+/t9-,11-,12-,15?/m1/s1. The highest BCUT2D eigenvalue weighted by Gasteiger charge is 2.44. The molecule has 2 aromatic heterocycles. The van der Waals surface area contributed by atoms with Gasteiger partial charge in [0.05, 0.1) is 19.5 Å². The van der Waals surface area contributed by atoms with E-state index in [0.717, 1.165) is 5.57 Å². The normalized spacial score (nSPS) is 27.2. The molecule has 0 amide bonds. The van der Waals surface area contributed by atoms with E-state index >= 15 is 0 Å². The number of rotatable bonds is 6. The first-order chi connectivity index (χ1) is 12.1. The first kappa shape index (κ1) is 17.7. The Morgan fingerprint density at radius 2 is 2.08 bits per heavy atom. The predicted octanol–water partition coefficient (Wildman–Crippen LogP) is -1.21. The van der Waals surface area contributed by atoms with Gasteiger partial charge in [0.2, 0.25) is 0 Å². The van der Waals surface area contributed by atoms with Crippen molar-refractivity contribution in [2.45, 2.75) is 31.5 Å². The monoisotopic (exact) mass is 351 g/mol. The Balaban J connectivity index is 1.86. The summed E-state index contributed by atoms with van der Waals surface area (Å²) in [7, 11) is 0. The molecule has 25 heavy (non-hydrogen) atoms. The van der Waals surface area contributed by atoms with Crippen LogP contribution >= 0.6 is 0 Å². The number of nitrogens with one attached hydrogen (secondary N) is 1. The molecule has 5 N–H and O–H groups in total. The van der Waals surface area contributed by atoms with Crippen molar-refractivity contribution in [1.82, 2.24) is 19.5 Å². The minimum absolute atomic E-state index is 0.0131. The van der Waals surface area contributed by atoms with Crippen molar-refractivity contribution in [2.75, 3.05) is 25.1 Å². The van der Waals surface area contributed by atoms with Gasteiger partial charge in [-0.15, -0.1) is 0 Å². The molecular weight excluding hydrogens is 330 g/mol. The number of nitrogens with zero attached hydrogens (tertiary/aromatic N) is 4. The molecule has 2 aromatic rings. The van der Waals surface area contributed by atoms with Crippen LogP contribution in [0, 0.1) is 0 Å². The smallest absolute Gasteiger partial charge is 0.167 e. The molecule has 4 atom stereocenters. The number of hydrogen-bond acceptors (Lipinski definition) is 9. The zero-order valence-corrected chi connectivity index (χ0v) is 13.6. The lowest BCUT2D eigenvalue weighted by molar-refractivity contribution is -0.0511. The number of imidazole rings is 1. The van der Waals surface area contributed by atoms with Crippen molar-refractivity contribution in [1.29, 1.82) is 0 Å². The number of hydrogen-bond donors (Lipinski definition) is 5. The average Bonchev–Trinajstić information content (AvgIpc) is 3.17. The highest BCUT2D eigenvalue weighted by Crippen LogP contribution is 2.31. The Morgan fingerprint density at radius 1 is 1.28 bits per heavy atom. The molecule has 0 saturated carbocycles. The van der Waals surface area contributed by atoms with Crippen molar-refractivity contribution in [2.24, 2.45) is 0 Å². The van der Waals surface area contributed by atoms with Gasteiger partial charge in [0.15, 0.2) is 23.2 Å². The van der Waals surface area contributed by atoms with Gasteiger partial charge in [0, 0.05) is 6.54 Å². The molecule has 1 aliphatic rings. The minimum atomic E-state index is -1.21. The summed E-state index contributed by atoms with van der Waals surface area (Å²) in [6, 6.07) is 0. The van der Waals surface area contributed by atoms with E-state index in [2.05, 4.69) is 20.3 Å². The summed E-state index contributed by atoms with van der Waals surface area (Å²) < 4.78 is 7.01. The van der Waals surface area contributed by atoms with Gasteiger partial charge in [0.25, 0.3) is 0 Å². The Morgan fingerprint density at radius 3 is 2.76 bits per heavy atom. The molecule has 0 aliphatic carbocycles. The SMILES string of the molecule is C/C(=C\CNc1ncnc2c1ncn2C1O[C@H](CO)[C@@H](O)[C@H]1O)CO. The zero-order chi connectivity index (χ0) is 18.0. The molecule has 1 fully saturated rings. The zero-order valence-electron chi connectivity index (χ0n) is 13.6. The van der Waals surface area contributed by atoms with Crippen molar-refractivity contribution in [3.63, 3.8) is 0 Å². The van der Waals surface area contributed by atoms with E-state index in [0.29, 0.717) is 23.5 Å². The molecule has 0 aromatic carbocycles. The van der Waals surface area contributed by atoms with Gasteiger partial charge in [-0.3, -0.25) is 4.57 Å². The predicted molar refractivity (Wildman–Crippen MR) is 87.7 cm³/mol. The van der Waals surface area contributed by atoms with Crippen LogP contribution in [0.5, 0.6) is 0 Å². The minimum Gasteiger partial charge on any atom is -0.394 e. The summed E-state index contributed by atoms with van der Waals surface area (Å²) in [4.78, 5) is 12.6. The van der Waals surface area contributed by atoms with Crippen LogP contribution in [0.25, 0.3) is 11.2 Å². The molecule has 0 bridgehead atoms. The van der Waals surface area contributed by atoms with E-state index in [-0.39, 0.29) is 6.61 Å². The lowest BCUT2D eigenvalue weighted by atomic mass is 10.1. The molecule has 3 rings (SSSR count). The van der Waals surface area contributed by atoms with Crippen molar-refractivity contribution in [3.8, 4) is 0 Å². The van der Waals surface area contributed by atoms with Gasteiger partial charge < -0.3 is 30.5 Å². The third kappa shape index (κ3) is 3.34. The molecule has 1 aliphatic heterocycles. The number of aromatic nitrogens is 4. The third-order valence-corrected chi connectivity index (χ3v) is 4.12.